The maximum atomic E-state index is 12.4. The fraction of sp³-hybridized carbons (Fsp3) is 0.526. The van der Waals surface area contributed by atoms with Crippen molar-refractivity contribution >= 4 is 17.7 Å². The smallest absolute Gasteiger partial charge is 0.233 e. The molecule has 3 rings (SSSR count). The molecular weight excluding hydrogens is 304 g/mol. The molecule has 2 fully saturated rings. The number of hydrogen-bond acceptors (Lipinski definition) is 3. The Hall–Kier alpha value is -2.17. The Kier molecular flexibility index (Phi) is 4.97. The summed E-state index contributed by atoms with van der Waals surface area (Å²) in [7, 11) is 0. The van der Waals surface area contributed by atoms with E-state index in [0.29, 0.717) is 0 Å². The third-order valence-electron chi connectivity index (χ3n) is 5.17. The molecule has 1 N–H and O–H groups in total. The van der Waals surface area contributed by atoms with Gasteiger partial charge in [-0.3, -0.25) is 19.3 Å². The first-order chi connectivity index (χ1) is 11.6. The molecule has 1 aromatic carbocycles. The maximum Gasteiger partial charge on any atom is 0.233 e. The molecule has 1 saturated heterocycles. The van der Waals surface area contributed by atoms with Gasteiger partial charge in [-0.1, -0.05) is 43.2 Å². The van der Waals surface area contributed by atoms with E-state index in [0.717, 1.165) is 31.2 Å². The lowest BCUT2D eigenvalue weighted by atomic mass is 9.81. The first-order valence-corrected chi connectivity index (χ1v) is 8.77. The van der Waals surface area contributed by atoms with Gasteiger partial charge >= 0.3 is 0 Å². The molecular formula is C19H24N2O3. The SMILES string of the molecule is C[C@@H](NC(=O)CCN1C(=O)[C@H]2CCCC[C@H]2C1=O)c1ccccc1. The first-order valence-electron chi connectivity index (χ1n) is 8.77. The van der Waals surface area contributed by atoms with Crippen LogP contribution in [0.4, 0.5) is 0 Å². The molecule has 3 amide bonds. The Morgan fingerprint density at radius 2 is 1.71 bits per heavy atom. The van der Waals surface area contributed by atoms with Gasteiger partial charge in [0, 0.05) is 13.0 Å². The second-order valence-electron chi connectivity index (χ2n) is 6.78. The number of nitrogens with zero attached hydrogens (tertiary/aromatic N) is 1. The van der Waals surface area contributed by atoms with Gasteiger partial charge in [0.25, 0.3) is 0 Å². The fourth-order valence-corrected chi connectivity index (χ4v) is 3.80. The second kappa shape index (κ2) is 7.16. The van der Waals surface area contributed by atoms with Crippen molar-refractivity contribution in [1.29, 1.82) is 0 Å². The summed E-state index contributed by atoms with van der Waals surface area (Å²) in [6, 6.07) is 9.63. The number of fused-ring (bicyclic) bond motifs is 1. The Balaban J connectivity index is 1.53. The highest BCUT2D eigenvalue weighted by molar-refractivity contribution is 6.05. The standard InChI is InChI=1S/C19H24N2O3/c1-13(14-7-3-2-4-8-14)20-17(22)11-12-21-18(23)15-9-5-6-10-16(15)19(21)24/h2-4,7-8,13,15-16H,5-6,9-12H2,1H3,(H,20,22)/t13-,15-,16+/m1/s1. The van der Waals surface area contributed by atoms with Crippen molar-refractivity contribution in [1.82, 2.24) is 10.2 Å². The number of hydrogen-bond donors (Lipinski definition) is 1. The lowest BCUT2D eigenvalue weighted by molar-refractivity contribution is -0.140. The van der Waals surface area contributed by atoms with Crippen molar-refractivity contribution in [2.24, 2.45) is 11.8 Å². The van der Waals surface area contributed by atoms with Crippen LogP contribution in [0, 0.1) is 11.8 Å². The van der Waals surface area contributed by atoms with Gasteiger partial charge in [-0.05, 0) is 25.3 Å². The molecule has 0 bridgehead atoms. The maximum absolute atomic E-state index is 12.4. The summed E-state index contributed by atoms with van der Waals surface area (Å²) in [4.78, 5) is 38.2. The van der Waals surface area contributed by atoms with Crippen LogP contribution in [0.15, 0.2) is 30.3 Å². The Morgan fingerprint density at radius 3 is 2.29 bits per heavy atom. The normalized spacial score (nSPS) is 24.6. The molecule has 1 heterocycles. The minimum atomic E-state index is -0.141. The van der Waals surface area contributed by atoms with Crippen LogP contribution in [-0.4, -0.2) is 29.2 Å². The van der Waals surface area contributed by atoms with Gasteiger partial charge < -0.3 is 5.32 Å². The Bertz CT molecular complexity index is 605. The van der Waals surface area contributed by atoms with Crippen molar-refractivity contribution in [3.05, 3.63) is 35.9 Å². The number of nitrogens with one attached hydrogen (secondary N) is 1. The zero-order valence-electron chi connectivity index (χ0n) is 14.0. The number of imide groups is 1. The largest absolute Gasteiger partial charge is 0.350 e. The van der Waals surface area contributed by atoms with E-state index in [4.69, 9.17) is 0 Å². The van der Waals surface area contributed by atoms with E-state index in [1.165, 1.54) is 4.90 Å². The van der Waals surface area contributed by atoms with Crippen LogP contribution in [0.25, 0.3) is 0 Å². The van der Waals surface area contributed by atoms with Crippen LogP contribution in [0.1, 0.15) is 50.6 Å². The van der Waals surface area contributed by atoms with Gasteiger partial charge in [-0.25, -0.2) is 0 Å². The van der Waals surface area contributed by atoms with Crippen LogP contribution < -0.4 is 5.32 Å². The molecule has 0 unspecified atom stereocenters. The van der Waals surface area contributed by atoms with Crippen molar-refractivity contribution in [3.8, 4) is 0 Å². The molecule has 128 valence electrons. The first kappa shape index (κ1) is 16.7. The van der Waals surface area contributed by atoms with Crippen molar-refractivity contribution in [3.63, 3.8) is 0 Å². The summed E-state index contributed by atoms with van der Waals surface area (Å²) in [6.07, 6.45) is 3.81. The zero-order valence-corrected chi connectivity index (χ0v) is 14.0. The lowest BCUT2D eigenvalue weighted by Gasteiger charge is -2.19. The summed E-state index contributed by atoms with van der Waals surface area (Å²) >= 11 is 0. The van der Waals surface area contributed by atoms with Crippen LogP contribution >= 0.6 is 0 Å². The average Bonchev–Trinajstić information content (AvgIpc) is 2.85. The molecule has 5 heteroatoms. The van der Waals surface area contributed by atoms with E-state index in [9.17, 15) is 14.4 Å². The topological polar surface area (TPSA) is 66.5 Å². The number of rotatable bonds is 5. The lowest BCUT2D eigenvalue weighted by Crippen LogP contribution is -2.36. The minimum absolute atomic E-state index is 0.0754. The number of likely N-dealkylation sites (tertiary alicyclic amines) is 1. The quantitative estimate of drug-likeness (QED) is 0.844. The van der Waals surface area contributed by atoms with Crippen LogP contribution in [0.2, 0.25) is 0 Å². The highest BCUT2D eigenvalue weighted by Gasteiger charge is 2.47. The average molecular weight is 328 g/mol. The minimum Gasteiger partial charge on any atom is -0.350 e. The summed E-state index contributed by atoms with van der Waals surface area (Å²) < 4.78 is 0. The number of carbonyl (C=O) groups excluding carboxylic acids is 3. The third-order valence-corrected chi connectivity index (χ3v) is 5.17. The van der Waals surface area contributed by atoms with Gasteiger partial charge in [0.05, 0.1) is 17.9 Å². The molecule has 5 nitrogen and oxygen atoms in total. The van der Waals surface area contributed by atoms with E-state index in [1.807, 2.05) is 37.3 Å². The monoisotopic (exact) mass is 328 g/mol. The Morgan fingerprint density at radius 1 is 1.12 bits per heavy atom. The van der Waals surface area contributed by atoms with E-state index >= 15 is 0 Å². The summed E-state index contributed by atoms with van der Waals surface area (Å²) in [5.41, 5.74) is 1.03. The molecule has 1 aliphatic heterocycles. The van der Waals surface area contributed by atoms with Gasteiger partial charge in [0.15, 0.2) is 0 Å². The van der Waals surface area contributed by atoms with E-state index in [1.54, 1.807) is 0 Å². The van der Waals surface area contributed by atoms with Crippen LogP contribution in [-0.2, 0) is 14.4 Å². The van der Waals surface area contributed by atoms with E-state index in [-0.39, 0.29) is 48.6 Å². The highest BCUT2D eigenvalue weighted by atomic mass is 16.2. The highest BCUT2D eigenvalue weighted by Crippen LogP contribution is 2.37. The van der Waals surface area contributed by atoms with Crippen LogP contribution in [0.3, 0.4) is 0 Å². The zero-order chi connectivity index (χ0) is 17.1. The predicted octanol–water partition coefficient (Wildman–Crippen LogP) is 2.43. The summed E-state index contributed by atoms with van der Waals surface area (Å²) in [5.74, 6) is -0.570. The van der Waals surface area contributed by atoms with Gasteiger partial charge in [0.1, 0.15) is 0 Å². The van der Waals surface area contributed by atoms with E-state index in [2.05, 4.69) is 5.32 Å². The van der Waals surface area contributed by atoms with Gasteiger partial charge in [-0.15, -0.1) is 0 Å². The molecule has 0 radical (unpaired) electrons. The van der Waals surface area contributed by atoms with Gasteiger partial charge in [0.2, 0.25) is 17.7 Å². The third kappa shape index (κ3) is 3.35. The van der Waals surface area contributed by atoms with Crippen molar-refractivity contribution in [2.75, 3.05) is 6.54 Å². The van der Waals surface area contributed by atoms with Gasteiger partial charge in [-0.2, -0.15) is 0 Å². The summed E-state index contributed by atoms with van der Waals surface area (Å²) in [6.45, 7) is 2.12. The molecule has 24 heavy (non-hydrogen) atoms. The Labute approximate surface area is 142 Å². The van der Waals surface area contributed by atoms with E-state index < -0.39 is 0 Å². The van der Waals surface area contributed by atoms with Crippen molar-refractivity contribution < 1.29 is 14.4 Å². The van der Waals surface area contributed by atoms with Crippen molar-refractivity contribution in [2.45, 2.75) is 45.1 Å². The molecule has 0 spiro atoms. The molecule has 3 atom stereocenters. The predicted molar refractivity (Wildman–Crippen MR) is 89.8 cm³/mol. The molecule has 0 aromatic heterocycles. The fourth-order valence-electron chi connectivity index (χ4n) is 3.80. The number of amides is 3. The number of benzene rings is 1. The molecule has 2 aliphatic rings. The molecule has 1 aromatic rings. The summed E-state index contributed by atoms with van der Waals surface area (Å²) in [5, 5.41) is 2.92. The molecule has 1 saturated carbocycles. The van der Waals surface area contributed by atoms with Crippen LogP contribution in [0.5, 0.6) is 0 Å². The number of carbonyl (C=O) groups is 3. The second-order valence-corrected chi connectivity index (χ2v) is 6.78. The molecule has 1 aliphatic carbocycles.